The number of nitro groups is 1. The topological polar surface area (TPSA) is 75.4 Å². The summed E-state index contributed by atoms with van der Waals surface area (Å²) in [7, 11) is 0. The van der Waals surface area contributed by atoms with Crippen molar-refractivity contribution in [3.8, 4) is 0 Å². The van der Waals surface area contributed by atoms with Gasteiger partial charge >= 0.3 is 0 Å². The third-order valence-electron chi connectivity index (χ3n) is 1.62. The molecule has 5 nitrogen and oxygen atoms in total. The zero-order valence-electron chi connectivity index (χ0n) is 7.38. The predicted octanol–water partition coefficient (Wildman–Crippen LogP) is 2.08. The molecule has 0 heterocycles. The van der Waals surface area contributed by atoms with Crippen LogP contribution in [0.4, 0.5) is 11.4 Å². The molecule has 0 aliphatic rings. The van der Waals surface area contributed by atoms with Crippen molar-refractivity contribution in [1.82, 2.24) is 0 Å². The molecular weight excluding hydrogens is 184 g/mol. The lowest BCUT2D eigenvalue weighted by molar-refractivity contribution is -0.383. The van der Waals surface area contributed by atoms with Gasteiger partial charge in [0.25, 0.3) is 5.69 Å². The standard InChI is InChI=1S/C9H10N2O3/c12-7-3-6-10-8-4-1-2-5-9(8)11(13)14/h1-5,7,10,12H,6H2. The van der Waals surface area contributed by atoms with E-state index in [1.807, 2.05) is 0 Å². The third-order valence-corrected chi connectivity index (χ3v) is 1.62. The first-order valence-corrected chi connectivity index (χ1v) is 4.02. The first kappa shape index (κ1) is 10.0. The maximum atomic E-state index is 10.6. The Labute approximate surface area is 80.8 Å². The molecule has 0 saturated heterocycles. The zero-order chi connectivity index (χ0) is 10.4. The van der Waals surface area contributed by atoms with Crippen LogP contribution in [-0.2, 0) is 0 Å². The summed E-state index contributed by atoms with van der Waals surface area (Å²) in [5.41, 5.74) is 0.467. The van der Waals surface area contributed by atoms with E-state index in [9.17, 15) is 10.1 Å². The molecule has 1 aromatic carbocycles. The molecule has 74 valence electrons. The zero-order valence-corrected chi connectivity index (χ0v) is 7.38. The van der Waals surface area contributed by atoms with E-state index in [2.05, 4.69) is 5.32 Å². The number of para-hydroxylation sites is 2. The largest absolute Gasteiger partial charge is 0.516 e. The lowest BCUT2D eigenvalue weighted by Crippen LogP contribution is -2.01. The van der Waals surface area contributed by atoms with Crippen LogP contribution < -0.4 is 5.32 Å². The number of aliphatic hydroxyl groups excluding tert-OH is 1. The fourth-order valence-electron chi connectivity index (χ4n) is 1.00. The number of anilines is 1. The molecular formula is C9H10N2O3. The first-order valence-electron chi connectivity index (χ1n) is 4.02. The minimum Gasteiger partial charge on any atom is -0.516 e. The van der Waals surface area contributed by atoms with Crippen LogP contribution in [0.5, 0.6) is 0 Å². The van der Waals surface area contributed by atoms with E-state index in [1.165, 1.54) is 12.1 Å². The van der Waals surface area contributed by atoms with E-state index in [1.54, 1.807) is 18.2 Å². The van der Waals surface area contributed by atoms with Gasteiger partial charge in [0.1, 0.15) is 5.69 Å². The van der Waals surface area contributed by atoms with Crippen molar-refractivity contribution >= 4 is 11.4 Å². The summed E-state index contributed by atoms with van der Waals surface area (Å²) in [6, 6.07) is 6.34. The average molecular weight is 194 g/mol. The van der Waals surface area contributed by atoms with Gasteiger partial charge in [-0.3, -0.25) is 10.1 Å². The summed E-state index contributed by atoms with van der Waals surface area (Å²) in [6.45, 7) is 0.349. The molecule has 0 aliphatic carbocycles. The number of aliphatic hydroxyl groups is 1. The molecule has 2 N–H and O–H groups in total. The molecule has 0 saturated carbocycles. The second-order valence-electron chi connectivity index (χ2n) is 2.54. The molecule has 0 atom stereocenters. The maximum absolute atomic E-state index is 10.6. The molecule has 5 heteroatoms. The number of hydrogen-bond acceptors (Lipinski definition) is 4. The van der Waals surface area contributed by atoms with E-state index < -0.39 is 4.92 Å². The third kappa shape index (κ3) is 2.48. The summed E-state index contributed by atoms with van der Waals surface area (Å²) >= 11 is 0. The highest BCUT2D eigenvalue weighted by Crippen LogP contribution is 2.22. The van der Waals surface area contributed by atoms with Crippen molar-refractivity contribution in [1.29, 1.82) is 0 Å². The molecule has 0 spiro atoms. The summed E-state index contributed by atoms with van der Waals surface area (Å²) in [4.78, 5) is 10.1. The number of nitrogens with zero attached hydrogens (tertiary/aromatic N) is 1. The van der Waals surface area contributed by atoms with E-state index in [0.717, 1.165) is 6.26 Å². The maximum Gasteiger partial charge on any atom is 0.292 e. The molecule has 0 aromatic heterocycles. The normalized spacial score (nSPS) is 10.3. The Balaban J connectivity index is 2.79. The van der Waals surface area contributed by atoms with Crippen LogP contribution in [0, 0.1) is 10.1 Å². The van der Waals surface area contributed by atoms with Crippen LogP contribution in [0.3, 0.4) is 0 Å². The SMILES string of the molecule is O=[N+]([O-])c1ccccc1NCC=CO. The van der Waals surface area contributed by atoms with Gasteiger partial charge in [0, 0.05) is 12.6 Å². The predicted molar refractivity (Wildman–Crippen MR) is 53.4 cm³/mol. The Morgan fingerprint density at radius 1 is 1.50 bits per heavy atom. The minimum atomic E-state index is -0.453. The number of hydrogen-bond donors (Lipinski definition) is 2. The van der Waals surface area contributed by atoms with Gasteiger partial charge in [-0.2, -0.15) is 0 Å². The van der Waals surface area contributed by atoms with E-state index >= 15 is 0 Å². The lowest BCUT2D eigenvalue weighted by Gasteiger charge is -2.02. The lowest BCUT2D eigenvalue weighted by atomic mass is 10.2. The molecule has 0 aliphatic heterocycles. The summed E-state index contributed by atoms with van der Waals surface area (Å²) < 4.78 is 0. The molecule has 1 aromatic rings. The van der Waals surface area contributed by atoms with Crippen LogP contribution in [0.2, 0.25) is 0 Å². The monoisotopic (exact) mass is 194 g/mol. The second-order valence-corrected chi connectivity index (χ2v) is 2.54. The number of nitrogens with one attached hydrogen (secondary N) is 1. The Bertz CT molecular complexity index is 350. The van der Waals surface area contributed by atoms with Gasteiger partial charge in [0.05, 0.1) is 11.2 Å². The van der Waals surface area contributed by atoms with Crippen LogP contribution in [0.1, 0.15) is 0 Å². The Morgan fingerprint density at radius 3 is 2.86 bits per heavy atom. The molecule has 14 heavy (non-hydrogen) atoms. The van der Waals surface area contributed by atoms with Crippen molar-refractivity contribution in [2.24, 2.45) is 0 Å². The molecule has 0 fully saturated rings. The molecule has 0 amide bonds. The Hall–Kier alpha value is -2.04. The van der Waals surface area contributed by atoms with Crippen LogP contribution in [0.25, 0.3) is 0 Å². The highest BCUT2D eigenvalue weighted by atomic mass is 16.6. The summed E-state index contributed by atoms with van der Waals surface area (Å²) in [6.07, 6.45) is 2.35. The van der Waals surface area contributed by atoms with Crippen molar-refractivity contribution in [3.05, 3.63) is 46.7 Å². The van der Waals surface area contributed by atoms with Gasteiger partial charge in [-0.05, 0) is 12.1 Å². The molecule has 0 unspecified atom stereocenters. The van der Waals surface area contributed by atoms with Crippen molar-refractivity contribution in [2.75, 3.05) is 11.9 Å². The van der Waals surface area contributed by atoms with Gasteiger partial charge in [-0.1, -0.05) is 12.1 Å². The van der Waals surface area contributed by atoms with Crippen LogP contribution >= 0.6 is 0 Å². The van der Waals surface area contributed by atoms with Crippen molar-refractivity contribution < 1.29 is 10.0 Å². The average Bonchev–Trinajstić information content (AvgIpc) is 2.19. The Kier molecular flexibility index (Phi) is 3.49. The highest BCUT2D eigenvalue weighted by Gasteiger charge is 2.10. The minimum absolute atomic E-state index is 0.0267. The quantitative estimate of drug-likeness (QED) is 0.437. The van der Waals surface area contributed by atoms with Gasteiger partial charge in [0.15, 0.2) is 0 Å². The molecule has 0 bridgehead atoms. The number of nitro benzene ring substituents is 1. The van der Waals surface area contributed by atoms with Crippen LogP contribution in [0.15, 0.2) is 36.6 Å². The smallest absolute Gasteiger partial charge is 0.292 e. The molecule has 0 radical (unpaired) electrons. The highest BCUT2D eigenvalue weighted by molar-refractivity contribution is 5.61. The Morgan fingerprint density at radius 2 is 2.21 bits per heavy atom. The fraction of sp³-hybridized carbons (Fsp3) is 0.111. The van der Waals surface area contributed by atoms with E-state index in [4.69, 9.17) is 5.11 Å². The van der Waals surface area contributed by atoms with Gasteiger partial charge in [0.2, 0.25) is 0 Å². The molecule has 1 rings (SSSR count). The number of rotatable bonds is 4. The van der Waals surface area contributed by atoms with Gasteiger partial charge in [-0.25, -0.2) is 0 Å². The first-order chi connectivity index (χ1) is 6.75. The van der Waals surface area contributed by atoms with Gasteiger partial charge in [-0.15, -0.1) is 0 Å². The summed E-state index contributed by atoms with van der Waals surface area (Å²) in [5.74, 6) is 0. The summed E-state index contributed by atoms with van der Waals surface area (Å²) in [5, 5.41) is 21.7. The van der Waals surface area contributed by atoms with E-state index in [-0.39, 0.29) is 5.69 Å². The van der Waals surface area contributed by atoms with Gasteiger partial charge < -0.3 is 10.4 Å². The second kappa shape index (κ2) is 4.86. The van der Waals surface area contributed by atoms with Crippen molar-refractivity contribution in [3.63, 3.8) is 0 Å². The van der Waals surface area contributed by atoms with Crippen molar-refractivity contribution in [2.45, 2.75) is 0 Å². The fourth-order valence-corrected chi connectivity index (χ4v) is 1.00. The number of benzene rings is 1. The van der Waals surface area contributed by atoms with Crippen LogP contribution in [-0.4, -0.2) is 16.6 Å². The van der Waals surface area contributed by atoms with E-state index in [0.29, 0.717) is 12.2 Å².